The number of likely N-dealkylation sites (tertiary alicyclic amines) is 1. The molecule has 1 aliphatic heterocycles. The Kier molecular flexibility index (Phi) is 3.16. The largest absolute Gasteiger partial charge is 0.383 e. The van der Waals surface area contributed by atoms with Gasteiger partial charge in [-0.2, -0.15) is 0 Å². The lowest BCUT2D eigenvalue weighted by Crippen LogP contribution is -2.24. The van der Waals surface area contributed by atoms with Crippen LogP contribution in [0.1, 0.15) is 6.42 Å². The van der Waals surface area contributed by atoms with Crippen LogP contribution in [0.2, 0.25) is 0 Å². The summed E-state index contributed by atoms with van der Waals surface area (Å²) in [6.07, 6.45) is 1.25. The summed E-state index contributed by atoms with van der Waals surface area (Å²) in [6, 6.07) is 0. The number of hydrogen-bond acceptors (Lipinski definition) is 2. The molecule has 1 fully saturated rings. The van der Waals surface area contributed by atoms with Gasteiger partial charge in [0.1, 0.15) is 0 Å². The van der Waals surface area contributed by atoms with E-state index in [0.717, 1.165) is 19.7 Å². The predicted molar refractivity (Wildman–Crippen MR) is 41.8 cm³/mol. The highest BCUT2D eigenvalue weighted by molar-refractivity contribution is 4.76. The fraction of sp³-hybridized carbons (Fsp3) is 0.875. The van der Waals surface area contributed by atoms with E-state index in [2.05, 4.69) is 11.8 Å². The van der Waals surface area contributed by atoms with Crippen molar-refractivity contribution in [3.05, 3.63) is 6.92 Å². The van der Waals surface area contributed by atoms with E-state index < -0.39 is 0 Å². The Morgan fingerprint density at radius 3 is 3.00 bits per heavy atom. The molecule has 0 saturated carbocycles. The summed E-state index contributed by atoms with van der Waals surface area (Å²) in [5, 5.41) is 0. The van der Waals surface area contributed by atoms with Gasteiger partial charge in [0.25, 0.3) is 0 Å². The van der Waals surface area contributed by atoms with Crippen LogP contribution in [0, 0.1) is 12.8 Å². The molecule has 1 rings (SSSR count). The lowest BCUT2D eigenvalue weighted by Gasteiger charge is -2.13. The fourth-order valence-electron chi connectivity index (χ4n) is 1.34. The smallest absolute Gasteiger partial charge is 0.0589 e. The van der Waals surface area contributed by atoms with E-state index in [1.54, 1.807) is 7.11 Å². The van der Waals surface area contributed by atoms with E-state index in [1.165, 1.54) is 13.0 Å². The Morgan fingerprint density at radius 1 is 1.70 bits per heavy atom. The van der Waals surface area contributed by atoms with Crippen LogP contribution in [-0.2, 0) is 4.74 Å². The number of methoxy groups -OCH3 is 1. The third-order valence-corrected chi connectivity index (χ3v) is 1.98. The summed E-state index contributed by atoms with van der Waals surface area (Å²) in [5.41, 5.74) is 0. The molecule has 0 spiro atoms. The molecule has 1 heterocycles. The molecular weight excluding hydrogens is 126 g/mol. The van der Waals surface area contributed by atoms with Crippen LogP contribution in [-0.4, -0.2) is 38.3 Å². The van der Waals surface area contributed by atoms with Gasteiger partial charge >= 0.3 is 0 Å². The molecule has 0 aliphatic carbocycles. The van der Waals surface area contributed by atoms with Gasteiger partial charge in [0.15, 0.2) is 0 Å². The van der Waals surface area contributed by atoms with E-state index in [4.69, 9.17) is 4.74 Å². The highest BCUT2D eigenvalue weighted by Crippen LogP contribution is 2.13. The van der Waals surface area contributed by atoms with E-state index >= 15 is 0 Å². The van der Waals surface area contributed by atoms with Crippen molar-refractivity contribution in [1.82, 2.24) is 4.90 Å². The van der Waals surface area contributed by atoms with Crippen LogP contribution >= 0.6 is 0 Å². The van der Waals surface area contributed by atoms with Gasteiger partial charge in [-0.1, -0.05) is 0 Å². The molecule has 1 saturated heterocycles. The average molecular weight is 142 g/mol. The van der Waals surface area contributed by atoms with Gasteiger partial charge in [0, 0.05) is 20.2 Å². The molecule has 1 unspecified atom stereocenters. The first-order valence-corrected chi connectivity index (χ1v) is 3.87. The predicted octanol–water partition coefficient (Wildman–Crippen LogP) is 0.789. The molecule has 0 N–H and O–H groups in total. The van der Waals surface area contributed by atoms with Gasteiger partial charge < -0.3 is 9.64 Å². The lowest BCUT2D eigenvalue weighted by atomic mass is 10.2. The second-order valence-electron chi connectivity index (χ2n) is 2.95. The zero-order chi connectivity index (χ0) is 7.40. The van der Waals surface area contributed by atoms with E-state index in [1.807, 2.05) is 0 Å². The van der Waals surface area contributed by atoms with E-state index in [9.17, 15) is 0 Å². The third-order valence-electron chi connectivity index (χ3n) is 1.98. The highest BCUT2D eigenvalue weighted by atomic mass is 16.5. The van der Waals surface area contributed by atoms with Gasteiger partial charge in [0.05, 0.1) is 6.61 Å². The minimum atomic E-state index is 0.650. The second-order valence-corrected chi connectivity index (χ2v) is 2.95. The zero-order valence-corrected chi connectivity index (χ0v) is 6.68. The molecular formula is C8H16NO. The molecule has 59 valence electrons. The molecule has 0 bridgehead atoms. The standard InChI is InChI=1S/C8H16NO/c1-8-3-4-9(7-8)5-6-10-2/h8H,1,3-7H2,2H3. The Morgan fingerprint density at radius 2 is 2.50 bits per heavy atom. The third kappa shape index (κ3) is 2.27. The van der Waals surface area contributed by atoms with Crippen LogP contribution < -0.4 is 0 Å². The summed E-state index contributed by atoms with van der Waals surface area (Å²) in [6.45, 7) is 8.30. The summed E-state index contributed by atoms with van der Waals surface area (Å²) < 4.78 is 4.98. The Bertz CT molecular complexity index is 95.3. The van der Waals surface area contributed by atoms with Gasteiger partial charge in [-0.15, -0.1) is 0 Å². The van der Waals surface area contributed by atoms with E-state index in [-0.39, 0.29) is 0 Å². The SMILES string of the molecule is [CH2]C1CCN(CCOC)C1. The zero-order valence-electron chi connectivity index (χ0n) is 6.68. The second kappa shape index (κ2) is 3.94. The van der Waals surface area contributed by atoms with Crippen molar-refractivity contribution in [2.45, 2.75) is 6.42 Å². The molecule has 1 atom stereocenters. The van der Waals surface area contributed by atoms with Crippen molar-refractivity contribution in [2.75, 3.05) is 33.4 Å². The minimum absolute atomic E-state index is 0.650. The number of ether oxygens (including phenoxy) is 1. The monoisotopic (exact) mass is 142 g/mol. The first-order chi connectivity index (χ1) is 4.83. The molecule has 0 aromatic heterocycles. The lowest BCUT2D eigenvalue weighted by molar-refractivity contribution is 0.160. The molecule has 1 aliphatic rings. The van der Waals surface area contributed by atoms with Gasteiger partial charge in [-0.05, 0) is 25.8 Å². The van der Waals surface area contributed by atoms with E-state index in [0.29, 0.717) is 5.92 Å². The number of nitrogens with zero attached hydrogens (tertiary/aromatic N) is 1. The highest BCUT2D eigenvalue weighted by Gasteiger charge is 2.17. The number of rotatable bonds is 3. The molecule has 0 amide bonds. The molecule has 0 aromatic carbocycles. The Balaban J connectivity index is 2.06. The van der Waals surface area contributed by atoms with Crippen LogP contribution in [0.4, 0.5) is 0 Å². The van der Waals surface area contributed by atoms with Crippen molar-refractivity contribution in [3.63, 3.8) is 0 Å². The summed E-state index contributed by atoms with van der Waals surface area (Å²) in [4.78, 5) is 2.40. The molecule has 1 radical (unpaired) electrons. The van der Waals surface area contributed by atoms with Crippen LogP contribution in [0.3, 0.4) is 0 Å². The van der Waals surface area contributed by atoms with Gasteiger partial charge in [-0.3, -0.25) is 0 Å². The Labute approximate surface area is 63.2 Å². The first kappa shape index (κ1) is 8.02. The molecule has 0 aromatic rings. The van der Waals surface area contributed by atoms with Crippen molar-refractivity contribution in [1.29, 1.82) is 0 Å². The topological polar surface area (TPSA) is 12.5 Å². The first-order valence-electron chi connectivity index (χ1n) is 3.87. The van der Waals surface area contributed by atoms with Crippen molar-refractivity contribution >= 4 is 0 Å². The molecule has 2 heteroatoms. The summed E-state index contributed by atoms with van der Waals surface area (Å²) in [5.74, 6) is 0.650. The average Bonchev–Trinajstić information content (AvgIpc) is 2.31. The summed E-state index contributed by atoms with van der Waals surface area (Å²) >= 11 is 0. The fourth-order valence-corrected chi connectivity index (χ4v) is 1.34. The van der Waals surface area contributed by atoms with Crippen LogP contribution in [0.5, 0.6) is 0 Å². The van der Waals surface area contributed by atoms with Gasteiger partial charge in [0.2, 0.25) is 0 Å². The maximum Gasteiger partial charge on any atom is 0.0589 e. The van der Waals surface area contributed by atoms with Crippen molar-refractivity contribution in [2.24, 2.45) is 5.92 Å². The quantitative estimate of drug-likeness (QED) is 0.577. The van der Waals surface area contributed by atoms with Crippen LogP contribution in [0.25, 0.3) is 0 Å². The number of hydrogen-bond donors (Lipinski definition) is 0. The molecule has 2 nitrogen and oxygen atoms in total. The maximum atomic E-state index is 4.98. The maximum absolute atomic E-state index is 4.98. The van der Waals surface area contributed by atoms with Crippen LogP contribution in [0.15, 0.2) is 0 Å². The van der Waals surface area contributed by atoms with Crippen molar-refractivity contribution < 1.29 is 4.74 Å². The van der Waals surface area contributed by atoms with Gasteiger partial charge in [-0.25, -0.2) is 0 Å². The molecule has 10 heavy (non-hydrogen) atoms. The van der Waals surface area contributed by atoms with Crippen molar-refractivity contribution in [3.8, 4) is 0 Å². The normalized spacial score (nSPS) is 27.6. The minimum Gasteiger partial charge on any atom is -0.383 e. The summed E-state index contributed by atoms with van der Waals surface area (Å²) in [7, 11) is 1.75. The Hall–Kier alpha value is -0.0800.